The normalized spacial score (nSPS) is 12.2. The molecule has 0 radical (unpaired) electrons. The molecule has 0 saturated heterocycles. The highest BCUT2D eigenvalue weighted by Crippen LogP contribution is 2.17. The average molecular weight is 629 g/mol. The Morgan fingerprint density at radius 1 is 0.533 bits per heavy atom. The van der Waals surface area contributed by atoms with Crippen LogP contribution < -0.4 is 11.1 Å². The van der Waals surface area contributed by atoms with E-state index >= 15 is 0 Å². The average Bonchev–Trinajstić information content (AvgIpc) is 3.04. The number of ether oxygens (including phenoxy) is 1. The van der Waals surface area contributed by atoms with Crippen LogP contribution >= 0.6 is 0 Å². The van der Waals surface area contributed by atoms with Crippen LogP contribution in [0.25, 0.3) is 0 Å². The lowest BCUT2D eigenvalue weighted by molar-refractivity contribution is 0.0841. The topological polar surface area (TPSA) is 64.3 Å². The Morgan fingerprint density at radius 2 is 0.911 bits per heavy atom. The number of amides is 1. The number of nitrogens with two attached hydrogens (primary N) is 1. The van der Waals surface area contributed by atoms with Crippen LogP contribution in [0, 0.1) is 0 Å². The first-order chi connectivity index (χ1) is 22.2. The maximum atomic E-state index is 12.3. The molecule has 0 bridgehead atoms. The van der Waals surface area contributed by atoms with Gasteiger partial charge < -0.3 is 15.8 Å². The second-order valence-corrected chi connectivity index (χ2v) is 12.8. The first-order valence-corrected chi connectivity index (χ1v) is 19.5. The van der Waals surface area contributed by atoms with E-state index in [1.54, 1.807) is 0 Å². The highest BCUT2D eigenvalue weighted by atomic mass is 16.6. The Kier molecular flexibility index (Phi) is 36.8. The van der Waals surface area contributed by atoms with E-state index in [1.807, 2.05) is 0 Å². The molecule has 0 aliphatic heterocycles. The summed E-state index contributed by atoms with van der Waals surface area (Å²) in [7, 11) is 0. The van der Waals surface area contributed by atoms with E-state index < -0.39 is 0 Å². The molecule has 0 aromatic carbocycles. The molecule has 0 heterocycles. The van der Waals surface area contributed by atoms with Crippen LogP contribution in [0.1, 0.15) is 187 Å². The van der Waals surface area contributed by atoms with Gasteiger partial charge in [0.25, 0.3) is 0 Å². The molecule has 0 spiro atoms. The fourth-order valence-electron chi connectivity index (χ4n) is 5.47. The summed E-state index contributed by atoms with van der Waals surface area (Å²) in [5.74, 6) is 0. The molecule has 4 nitrogen and oxygen atoms in total. The molecule has 45 heavy (non-hydrogen) atoms. The molecule has 3 N–H and O–H groups in total. The van der Waals surface area contributed by atoms with Gasteiger partial charge in [0, 0.05) is 6.54 Å². The van der Waals surface area contributed by atoms with Crippen LogP contribution in [0.2, 0.25) is 0 Å². The molecule has 0 aliphatic rings. The van der Waals surface area contributed by atoms with Gasteiger partial charge in [-0.1, -0.05) is 140 Å². The van der Waals surface area contributed by atoms with Gasteiger partial charge in [-0.15, -0.1) is 0 Å². The predicted octanol–water partition coefficient (Wildman–Crippen LogP) is 12.8. The molecule has 0 rings (SSSR count). The van der Waals surface area contributed by atoms with Crippen LogP contribution in [-0.4, -0.2) is 25.3 Å². The van der Waals surface area contributed by atoms with Crippen molar-refractivity contribution >= 4 is 6.09 Å². The summed E-state index contributed by atoms with van der Waals surface area (Å²) >= 11 is 0. The number of carbonyl (C=O) groups excluding carboxylic acids is 1. The lowest BCUT2D eigenvalue weighted by Gasteiger charge is -2.18. The zero-order valence-electron chi connectivity index (χ0n) is 30.1. The van der Waals surface area contributed by atoms with Gasteiger partial charge in [0.05, 0.1) is 0 Å². The minimum absolute atomic E-state index is 0.0412. The summed E-state index contributed by atoms with van der Waals surface area (Å²) in [4.78, 5) is 12.3. The number of hydrogen-bond acceptors (Lipinski definition) is 3. The molecular formula is C41H76N2O2. The monoisotopic (exact) mass is 629 g/mol. The van der Waals surface area contributed by atoms with Crippen LogP contribution in [-0.2, 0) is 4.74 Å². The second kappa shape index (κ2) is 38.4. The predicted molar refractivity (Wildman–Crippen MR) is 200 cm³/mol. The van der Waals surface area contributed by atoms with Crippen LogP contribution in [0.3, 0.4) is 0 Å². The quantitative estimate of drug-likeness (QED) is 0.0550. The lowest BCUT2D eigenvalue weighted by atomic mass is 10.0. The highest BCUT2D eigenvalue weighted by Gasteiger charge is 2.14. The van der Waals surface area contributed by atoms with Crippen LogP contribution in [0.5, 0.6) is 0 Å². The highest BCUT2D eigenvalue weighted by molar-refractivity contribution is 5.67. The molecule has 4 heteroatoms. The van der Waals surface area contributed by atoms with E-state index in [1.165, 1.54) is 128 Å². The van der Waals surface area contributed by atoms with E-state index in [9.17, 15) is 4.79 Å². The van der Waals surface area contributed by atoms with E-state index in [2.05, 4.69) is 67.8 Å². The Hall–Kier alpha value is -1.81. The van der Waals surface area contributed by atoms with Crippen molar-refractivity contribution in [1.82, 2.24) is 5.32 Å². The first kappa shape index (κ1) is 43.2. The van der Waals surface area contributed by atoms with Crippen molar-refractivity contribution in [2.75, 3.05) is 13.1 Å². The summed E-state index contributed by atoms with van der Waals surface area (Å²) in [5.41, 5.74) is 5.56. The summed E-state index contributed by atoms with van der Waals surface area (Å²) in [6.45, 7) is 5.70. The van der Waals surface area contributed by atoms with Crippen molar-refractivity contribution in [1.29, 1.82) is 0 Å². The van der Waals surface area contributed by atoms with Crippen molar-refractivity contribution < 1.29 is 9.53 Å². The Balaban J connectivity index is 3.95. The van der Waals surface area contributed by atoms with Crippen molar-refractivity contribution in [3.05, 3.63) is 48.6 Å². The van der Waals surface area contributed by atoms with Gasteiger partial charge in [-0.2, -0.15) is 0 Å². The molecule has 0 fully saturated rings. The molecule has 0 unspecified atom stereocenters. The van der Waals surface area contributed by atoms with E-state index in [-0.39, 0.29) is 12.2 Å². The largest absolute Gasteiger partial charge is 0.446 e. The Labute approximate surface area is 281 Å². The van der Waals surface area contributed by atoms with Crippen molar-refractivity contribution in [3.8, 4) is 0 Å². The SMILES string of the molecule is CCCCC/C=C\C/C=C\CCCCCCCCC(CCCCCCCC/C=C\C/C=C\CCCCC)OC(=O)NCCCN. The summed E-state index contributed by atoms with van der Waals surface area (Å²) in [6.07, 6.45) is 51.3. The number of allylic oxidation sites excluding steroid dienone is 8. The van der Waals surface area contributed by atoms with Crippen LogP contribution in [0.4, 0.5) is 4.79 Å². The number of carbonyl (C=O) groups is 1. The maximum Gasteiger partial charge on any atom is 0.407 e. The van der Waals surface area contributed by atoms with Gasteiger partial charge in [-0.3, -0.25) is 0 Å². The van der Waals surface area contributed by atoms with Gasteiger partial charge in [-0.05, 0) is 103 Å². The molecule has 0 atom stereocenters. The fraction of sp³-hybridized carbons (Fsp3) is 0.780. The Bertz CT molecular complexity index is 664. The van der Waals surface area contributed by atoms with Gasteiger partial charge in [0.1, 0.15) is 6.10 Å². The van der Waals surface area contributed by atoms with Crippen LogP contribution in [0.15, 0.2) is 48.6 Å². The molecule has 0 saturated carbocycles. The summed E-state index contributed by atoms with van der Waals surface area (Å²) in [6, 6.07) is 0. The van der Waals surface area contributed by atoms with E-state index in [0.717, 1.165) is 44.9 Å². The number of hydrogen-bond donors (Lipinski definition) is 2. The lowest BCUT2D eigenvalue weighted by Crippen LogP contribution is -2.30. The third kappa shape index (κ3) is 36.5. The van der Waals surface area contributed by atoms with Crippen molar-refractivity contribution in [3.63, 3.8) is 0 Å². The molecule has 1 amide bonds. The molecule has 0 aromatic rings. The van der Waals surface area contributed by atoms with Crippen molar-refractivity contribution in [2.24, 2.45) is 5.73 Å². The summed E-state index contributed by atoms with van der Waals surface area (Å²) < 4.78 is 5.83. The summed E-state index contributed by atoms with van der Waals surface area (Å²) in [5, 5.41) is 2.87. The number of unbranched alkanes of at least 4 members (excludes halogenated alkanes) is 18. The number of rotatable bonds is 34. The molecule has 0 aromatic heterocycles. The van der Waals surface area contributed by atoms with Crippen molar-refractivity contribution in [2.45, 2.75) is 193 Å². The van der Waals surface area contributed by atoms with E-state index in [4.69, 9.17) is 10.5 Å². The molecular weight excluding hydrogens is 552 g/mol. The molecule has 262 valence electrons. The zero-order valence-corrected chi connectivity index (χ0v) is 30.1. The van der Waals surface area contributed by atoms with E-state index in [0.29, 0.717) is 13.1 Å². The minimum Gasteiger partial charge on any atom is -0.446 e. The first-order valence-electron chi connectivity index (χ1n) is 19.5. The third-order valence-corrected chi connectivity index (χ3v) is 8.38. The number of alkyl carbamates (subject to hydrolysis) is 1. The van der Waals surface area contributed by atoms with Gasteiger partial charge >= 0.3 is 6.09 Å². The smallest absolute Gasteiger partial charge is 0.407 e. The van der Waals surface area contributed by atoms with Gasteiger partial charge in [0.2, 0.25) is 0 Å². The second-order valence-electron chi connectivity index (χ2n) is 12.8. The third-order valence-electron chi connectivity index (χ3n) is 8.38. The molecule has 0 aliphatic carbocycles. The standard InChI is InChI=1S/C41H76N2O2/c1-3-5-7-9-11-13-15-17-19-21-23-25-27-29-31-33-36-40(45-41(44)43-39-35-38-42)37-34-32-30-28-26-24-22-20-18-16-14-12-10-8-6-4-2/h11-14,17-20,40H,3-10,15-16,21-39,42H2,1-2H3,(H,43,44)/b13-11-,14-12-,19-17-,20-18-. The minimum atomic E-state index is -0.270. The fourth-order valence-corrected chi connectivity index (χ4v) is 5.47. The van der Waals surface area contributed by atoms with Gasteiger partial charge in [-0.25, -0.2) is 4.79 Å². The number of nitrogens with one attached hydrogen (secondary N) is 1. The zero-order chi connectivity index (χ0) is 32.7. The maximum absolute atomic E-state index is 12.3. The Morgan fingerprint density at radius 3 is 1.31 bits per heavy atom. The van der Waals surface area contributed by atoms with Gasteiger partial charge in [0.15, 0.2) is 0 Å².